The summed E-state index contributed by atoms with van der Waals surface area (Å²) in [6, 6.07) is 12.5. The highest BCUT2D eigenvalue weighted by Gasteiger charge is 2.03. The molecule has 0 saturated heterocycles. The van der Waals surface area contributed by atoms with Crippen LogP contribution in [-0.2, 0) is 4.79 Å². The third-order valence-electron chi connectivity index (χ3n) is 3.46. The molecule has 0 unspecified atom stereocenters. The minimum Gasteiger partial charge on any atom is -0.484 e. The average Bonchev–Trinajstić information content (AvgIpc) is 3.20. The summed E-state index contributed by atoms with van der Waals surface area (Å²) < 4.78 is 7.27. The molecule has 134 valence electrons. The minimum atomic E-state index is -0.197. The van der Waals surface area contributed by atoms with Crippen molar-refractivity contribution in [1.82, 2.24) is 19.9 Å². The summed E-state index contributed by atoms with van der Waals surface area (Å²) in [7, 11) is 0. The van der Waals surface area contributed by atoms with Gasteiger partial charge in [0.15, 0.2) is 6.61 Å². The Kier molecular flexibility index (Phi) is 6.05. The highest BCUT2D eigenvalue weighted by Crippen LogP contribution is 2.15. The molecule has 0 bridgehead atoms. The Morgan fingerprint density at radius 3 is 2.65 bits per heavy atom. The smallest absolute Gasteiger partial charge is 0.258 e. The Bertz CT molecular complexity index is 837. The van der Waals surface area contributed by atoms with Crippen molar-refractivity contribution in [3.8, 4) is 11.6 Å². The van der Waals surface area contributed by atoms with E-state index in [1.807, 2.05) is 35.2 Å². The van der Waals surface area contributed by atoms with Crippen LogP contribution in [0.1, 0.15) is 0 Å². The molecule has 1 aromatic carbocycles. The van der Waals surface area contributed by atoms with Gasteiger partial charge < -0.3 is 19.9 Å². The van der Waals surface area contributed by atoms with Crippen LogP contribution in [0.15, 0.2) is 61.2 Å². The molecular formula is C18H18ClN5O2. The topological polar surface area (TPSA) is 81.1 Å². The predicted molar refractivity (Wildman–Crippen MR) is 99.8 cm³/mol. The second-order valence-corrected chi connectivity index (χ2v) is 5.81. The first-order valence-corrected chi connectivity index (χ1v) is 8.43. The zero-order valence-corrected chi connectivity index (χ0v) is 14.7. The molecule has 0 radical (unpaired) electrons. The lowest BCUT2D eigenvalue weighted by Gasteiger charge is -2.09. The molecule has 2 N–H and O–H groups in total. The normalized spacial score (nSPS) is 10.3. The number of hydrogen-bond acceptors (Lipinski definition) is 5. The number of benzene rings is 1. The van der Waals surface area contributed by atoms with Crippen LogP contribution < -0.4 is 15.4 Å². The van der Waals surface area contributed by atoms with E-state index < -0.39 is 0 Å². The van der Waals surface area contributed by atoms with Gasteiger partial charge in [-0.25, -0.2) is 9.97 Å². The zero-order chi connectivity index (χ0) is 18.2. The predicted octanol–water partition coefficient (Wildman–Crippen LogP) is 2.53. The van der Waals surface area contributed by atoms with E-state index in [0.29, 0.717) is 29.7 Å². The summed E-state index contributed by atoms with van der Waals surface area (Å²) in [5.74, 6) is 1.86. The number of hydrogen-bond donors (Lipinski definition) is 2. The monoisotopic (exact) mass is 371 g/mol. The molecular weight excluding hydrogens is 354 g/mol. The molecule has 1 amide bonds. The number of carbonyl (C=O) groups excluding carboxylic acids is 1. The molecule has 3 rings (SSSR count). The number of nitrogens with zero attached hydrogens (tertiary/aromatic N) is 3. The summed E-state index contributed by atoms with van der Waals surface area (Å²) in [6.07, 6.45) is 5.32. The van der Waals surface area contributed by atoms with Gasteiger partial charge in [0.25, 0.3) is 5.91 Å². The Morgan fingerprint density at radius 2 is 1.88 bits per heavy atom. The molecule has 3 aromatic rings. The van der Waals surface area contributed by atoms with Gasteiger partial charge >= 0.3 is 0 Å². The van der Waals surface area contributed by atoms with E-state index in [1.165, 1.54) is 6.33 Å². The van der Waals surface area contributed by atoms with E-state index in [0.717, 1.165) is 5.82 Å². The average molecular weight is 372 g/mol. The number of carbonyl (C=O) groups is 1. The van der Waals surface area contributed by atoms with Crippen molar-refractivity contribution >= 4 is 23.3 Å². The van der Waals surface area contributed by atoms with Crippen LogP contribution in [0.2, 0.25) is 5.02 Å². The van der Waals surface area contributed by atoms with Crippen LogP contribution in [0.25, 0.3) is 5.82 Å². The Balaban J connectivity index is 1.38. The highest BCUT2D eigenvalue weighted by molar-refractivity contribution is 6.30. The number of halogens is 1. The number of nitrogens with one attached hydrogen (secondary N) is 2. The standard InChI is InChI=1S/C18H18ClN5O2/c19-14-3-5-15(6-4-14)26-12-18(25)21-8-7-20-16-11-17(23-13-22-16)24-9-1-2-10-24/h1-6,9-11,13H,7-8,12H2,(H,21,25)(H,20,22,23). The third-order valence-corrected chi connectivity index (χ3v) is 3.71. The highest BCUT2D eigenvalue weighted by atomic mass is 35.5. The van der Waals surface area contributed by atoms with Crippen LogP contribution in [-0.4, -0.2) is 40.1 Å². The van der Waals surface area contributed by atoms with Crippen molar-refractivity contribution < 1.29 is 9.53 Å². The number of ether oxygens (including phenoxy) is 1. The zero-order valence-electron chi connectivity index (χ0n) is 13.9. The van der Waals surface area contributed by atoms with Crippen molar-refractivity contribution in [2.75, 3.05) is 25.0 Å². The molecule has 26 heavy (non-hydrogen) atoms. The first kappa shape index (κ1) is 17.8. The SMILES string of the molecule is O=C(COc1ccc(Cl)cc1)NCCNc1cc(-n2cccc2)ncn1. The van der Waals surface area contributed by atoms with Gasteiger partial charge in [0, 0.05) is 36.6 Å². The first-order valence-electron chi connectivity index (χ1n) is 8.05. The lowest BCUT2D eigenvalue weighted by atomic mass is 10.3. The Labute approximate surface area is 156 Å². The number of amides is 1. The summed E-state index contributed by atoms with van der Waals surface area (Å²) >= 11 is 5.80. The van der Waals surface area contributed by atoms with Gasteiger partial charge in [0.2, 0.25) is 0 Å². The summed E-state index contributed by atoms with van der Waals surface area (Å²) in [6.45, 7) is 0.938. The molecule has 8 heteroatoms. The van der Waals surface area contributed by atoms with E-state index in [-0.39, 0.29) is 12.5 Å². The summed E-state index contributed by atoms with van der Waals surface area (Å²) in [5.41, 5.74) is 0. The summed E-state index contributed by atoms with van der Waals surface area (Å²) in [4.78, 5) is 20.2. The molecule has 2 heterocycles. The molecule has 0 fully saturated rings. The molecule has 0 aliphatic heterocycles. The van der Waals surface area contributed by atoms with E-state index in [1.54, 1.807) is 24.3 Å². The number of anilines is 1. The molecule has 0 aliphatic rings. The van der Waals surface area contributed by atoms with Gasteiger partial charge in [0.1, 0.15) is 23.7 Å². The third kappa shape index (κ3) is 5.22. The minimum absolute atomic E-state index is 0.0487. The van der Waals surface area contributed by atoms with E-state index in [2.05, 4.69) is 20.6 Å². The van der Waals surface area contributed by atoms with E-state index >= 15 is 0 Å². The van der Waals surface area contributed by atoms with Crippen molar-refractivity contribution in [2.24, 2.45) is 0 Å². The second-order valence-electron chi connectivity index (χ2n) is 5.37. The molecule has 0 atom stereocenters. The first-order chi connectivity index (χ1) is 12.7. The fraction of sp³-hybridized carbons (Fsp3) is 0.167. The van der Waals surface area contributed by atoms with Gasteiger partial charge in [-0.05, 0) is 36.4 Å². The van der Waals surface area contributed by atoms with E-state index in [9.17, 15) is 4.79 Å². The van der Waals surface area contributed by atoms with Crippen molar-refractivity contribution in [2.45, 2.75) is 0 Å². The number of rotatable bonds is 8. The molecule has 7 nitrogen and oxygen atoms in total. The van der Waals surface area contributed by atoms with Crippen LogP contribution in [0, 0.1) is 0 Å². The Morgan fingerprint density at radius 1 is 1.12 bits per heavy atom. The maximum absolute atomic E-state index is 11.8. The fourth-order valence-electron chi connectivity index (χ4n) is 2.20. The van der Waals surface area contributed by atoms with Crippen LogP contribution in [0.3, 0.4) is 0 Å². The van der Waals surface area contributed by atoms with Gasteiger partial charge in [0.05, 0.1) is 0 Å². The fourth-order valence-corrected chi connectivity index (χ4v) is 2.32. The lowest BCUT2D eigenvalue weighted by molar-refractivity contribution is -0.123. The Hall–Kier alpha value is -3.06. The lowest BCUT2D eigenvalue weighted by Crippen LogP contribution is -2.32. The van der Waals surface area contributed by atoms with Crippen molar-refractivity contribution in [3.05, 3.63) is 66.2 Å². The summed E-state index contributed by atoms with van der Waals surface area (Å²) in [5, 5.41) is 6.55. The van der Waals surface area contributed by atoms with Crippen LogP contribution in [0.4, 0.5) is 5.82 Å². The van der Waals surface area contributed by atoms with Crippen LogP contribution >= 0.6 is 11.6 Å². The van der Waals surface area contributed by atoms with Gasteiger partial charge in [-0.1, -0.05) is 11.6 Å². The van der Waals surface area contributed by atoms with Gasteiger partial charge in [-0.15, -0.1) is 0 Å². The van der Waals surface area contributed by atoms with Gasteiger partial charge in [-0.2, -0.15) is 0 Å². The number of aromatic nitrogens is 3. The van der Waals surface area contributed by atoms with Crippen LogP contribution in [0.5, 0.6) is 5.75 Å². The molecule has 0 aliphatic carbocycles. The molecule has 0 spiro atoms. The van der Waals surface area contributed by atoms with E-state index in [4.69, 9.17) is 16.3 Å². The quantitative estimate of drug-likeness (QED) is 0.595. The largest absolute Gasteiger partial charge is 0.484 e. The second kappa shape index (κ2) is 8.87. The molecule has 0 saturated carbocycles. The van der Waals surface area contributed by atoms with Crippen molar-refractivity contribution in [3.63, 3.8) is 0 Å². The van der Waals surface area contributed by atoms with Gasteiger partial charge in [-0.3, -0.25) is 4.79 Å². The maximum Gasteiger partial charge on any atom is 0.258 e. The molecule has 2 aromatic heterocycles. The van der Waals surface area contributed by atoms with Crippen molar-refractivity contribution in [1.29, 1.82) is 0 Å². The maximum atomic E-state index is 11.8.